The molecule has 0 saturated heterocycles. The van der Waals surface area contributed by atoms with Crippen LogP contribution < -0.4 is 0 Å². The molecule has 43 heavy (non-hydrogen) atoms. The summed E-state index contributed by atoms with van der Waals surface area (Å²) >= 11 is 0. The average Bonchev–Trinajstić information content (AvgIpc) is 3.08. The molecule has 0 spiro atoms. The number of aromatic nitrogens is 1. The number of rotatable bonds is 4. The summed E-state index contributed by atoms with van der Waals surface area (Å²) in [5, 5.41) is 7.82. The van der Waals surface area contributed by atoms with E-state index in [-0.39, 0.29) is 5.92 Å². The Bertz CT molecular complexity index is 2100. The molecule has 6 aromatic rings. The van der Waals surface area contributed by atoms with E-state index < -0.39 is 0 Å². The van der Waals surface area contributed by atoms with Crippen LogP contribution in [-0.2, 0) is 0 Å². The van der Waals surface area contributed by atoms with Gasteiger partial charge in [0.1, 0.15) is 0 Å². The highest BCUT2D eigenvalue weighted by atomic mass is 14.7. The summed E-state index contributed by atoms with van der Waals surface area (Å²) in [4.78, 5) is 8.99. The first kappa shape index (κ1) is 25.6. The second-order valence-corrected chi connectivity index (χ2v) is 11.9. The highest BCUT2D eigenvalue weighted by Gasteiger charge is 2.27. The SMILES string of the molecule is CC1C=CN=CC1C1=CC(c2cccnc2)=CC(c2ccccc2-c2ccc3c4ccccc4c4ccccc4c3c2)C1. The zero-order valence-corrected chi connectivity index (χ0v) is 24.2. The summed E-state index contributed by atoms with van der Waals surface area (Å²) in [6.45, 7) is 2.29. The van der Waals surface area contributed by atoms with Gasteiger partial charge in [-0.2, -0.15) is 0 Å². The van der Waals surface area contributed by atoms with Crippen LogP contribution in [0.5, 0.6) is 0 Å². The first-order valence-electron chi connectivity index (χ1n) is 15.2. The van der Waals surface area contributed by atoms with Gasteiger partial charge >= 0.3 is 0 Å². The van der Waals surface area contributed by atoms with Crippen LogP contribution in [0, 0.1) is 11.8 Å². The number of allylic oxidation sites excluding steroid dienone is 5. The largest absolute Gasteiger partial charge is 0.269 e. The fraction of sp³-hybridized carbons (Fsp3) is 0.122. The maximum atomic E-state index is 4.54. The molecule has 0 N–H and O–H groups in total. The number of hydrogen-bond acceptors (Lipinski definition) is 2. The number of hydrogen-bond donors (Lipinski definition) is 0. The first-order valence-corrected chi connectivity index (χ1v) is 15.2. The van der Waals surface area contributed by atoms with E-state index in [4.69, 9.17) is 0 Å². The number of nitrogens with zero attached hydrogens (tertiary/aromatic N) is 2. The van der Waals surface area contributed by atoms with Crippen LogP contribution in [0.4, 0.5) is 0 Å². The molecule has 1 aliphatic heterocycles. The van der Waals surface area contributed by atoms with Crippen molar-refractivity contribution in [2.24, 2.45) is 16.8 Å². The zero-order chi connectivity index (χ0) is 28.8. The van der Waals surface area contributed by atoms with Crippen molar-refractivity contribution in [3.05, 3.63) is 157 Å². The van der Waals surface area contributed by atoms with Gasteiger partial charge in [-0.15, -0.1) is 0 Å². The first-order chi connectivity index (χ1) is 21.2. The van der Waals surface area contributed by atoms with Gasteiger partial charge in [0, 0.05) is 36.6 Å². The van der Waals surface area contributed by atoms with Gasteiger partial charge in [-0.05, 0) is 84.6 Å². The Balaban J connectivity index is 1.29. The molecule has 206 valence electrons. The zero-order valence-electron chi connectivity index (χ0n) is 24.2. The van der Waals surface area contributed by atoms with Crippen molar-refractivity contribution in [2.75, 3.05) is 0 Å². The smallest absolute Gasteiger partial charge is 0.0346 e. The Kier molecular flexibility index (Phi) is 6.34. The third kappa shape index (κ3) is 4.51. The predicted molar refractivity (Wildman–Crippen MR) is 182 cm³/mol. The molecule has 0 fully saturated rings. The van der Waals surface area contributed by atoms with Gasteiger partial charge in [0.05, 0.1) is 0 Å². The summed E-state index contributed by atoms with van der Waals surface area (Å²) in [7, 11) is 0. The second-order valence-electron chi connectivity index (χ2n) is 11.9. The third-order valence-corrected chi connectivity index (χ3v) is 9.30. The van der Waals surface area contributed by atoms with Crippen LogP contribution in [0.1, 0.15) is 30.4 Å². The average molecular weight is 553 g/mol. The molecule has 1 aliphatic carbocycles. The van der Waals surface area contributed by atoms with E-state index in [1.54, 1.807) is 0 Å². The van der Waals surface area contributed by atoms with Crippen molar-refractivity contribution < 1.29 is 0 Å². The van der Waals surface area contributed by atoms with E-state index in [9.17, 15) is 0 Å². The monoisotopic (exact) mass is 552 g/mol. The third-order valence-electron chi connectivity index (χ3n) is 9.30. The highest BCUT2D eigenvalue weighted by Crippen LogP contribution is 2.44. The molecule has 1 aromatic heterocycles. The Morgan fingerprint density at radius 2 is 1.37 bits per heavy atom. The fourth-order valence-corrected chi connectivity index (χ4v) is 7.16. The molecule has 2 heteroatoms. The maximum Gasteiger partial charge on any atom is 0.0346 e. The lowest BCUT2D eigenvalue weighted by atomic mass is 9.75. The van der Waals surface area contributed by atoms with Crippen LogP contribution in [0.2, 0.25) is 0 Å². The minimum atomic E-state index is 0.238. The van der Waals surface area contributed by atoms with Crippen molar-refractivity contribution >= 4 is 44.1 Å². The van der Waals surface area contributed by atoms with Gasteiger partial charge in [0.15, 0.2) is 0 Å². The molecule has 2 nitrogen and oxygen atoms in total. The molecule has 0 radical (unpaired) electrons. The van der Waals surface area contributed by atoms with Crippen LogP contribution >= 0.6 is 0 Å². The molecule has 2 aliphatic rings. The van der Waals surface area contributed by atoms with Gasteiger partial charge < -0.3 is 0 Å². The summed E-state index contributed by atoms with van der Waals surface area (Å²) in [6.07, 6.45) is 15.9. The van der Waals surface area contributed by atoms with E-state index in [0.717, 1.165) is 12.0 Å². The Labute approximate surface area is 252 Å². The van der Waals surface area contributed by atoms with Crippen molar-refractivity contribution in [1.82, 2.24) is 4.98 Å². The molecular formula is C41H32N2. The van der Waals surface area contributed by atoms with Crippen LogP contribution in [0.3, 0.4) is 0 Å². The lowest BCUT2D eigenvalue weighted by Gasteiger charge is -2.30. The lowest BCUT2D eigenvalue weighted by molar-refractivity contribution is 0.581. The summed E-state index contributed by atoms with van der Waals surface area (Å²) in [5.41, 5.74) is 7.72. The van der Waals surface area contributed by atoms with Crippen molar-refractivity contribution in [2.45, 2.75) is 19.3 Å². The van der Waals surface area contributed by atoms with Gasteiger partial charge in [0.2, 0.25) is 0 Å². The number of fused-ring (bicyclic) bond motifs is 6. The molecule has 2 heterocycles. The summed E-state index contributed by atoms with van der Waals surface area (Å²) in [6, 6.07) is 37.8. The quantitative estimate of drug-likeness (QED) is 0.200. The molecular weight excluding hydrogens is 520 g/mol. The van der Waals surface area contributed by atoms with Gasteiger partial charge in [-0.1, -0.05) is 122 Å². The van der Waals surface area contributed by atoms with Crippen molar-refractivity contribution in [1.29, 1.82) is 0 Å². The van der Waals surface area contributed by atoms with E-state index in [2.05, 4.69) is 138 Å². The fourth-order valence-electron chi connectivity index (χ4n) is 7.16. The van der Waals surface area contributed by atoms with Crippen LogP contribution in [0.25, 0.3) is 49.0 Å². The van der Waals surface area contributed by atoms with Crippen molar-refractivity contribution in [3.8, 4) is 11.1 Å². The molecule has 3 unspecified atom stereocenters. The van der Waals surface area contributed by atoms with Gasteiger partial charge in [-0.25, -0.2) is 0 Å². The Hall–Kier alpha value is -5.08. The van der Waals surface area contributed by atoms with Crippen LogP contribution in [-0.4, -0.2) is 11.2 Å². The molecule has 0 bridgehead atoms. The summed E-state index contributed by atoms with van der Waals surface area (Å²) in [5.74, 6) is 0.943. The Morgan fingerprint density at radius 1 is 0.674 bits per heavy atom. The molecule has 5 aromatic carbocycles. The highest BCUT2D eigenvalue weighted by molar-refractivity contribution is 6.25. The molecule has 0 amide bonds. The molecule has 8 rings (SSSR count). The molecule has 0 saturated carbocycles. The van der Waals surface area contributed by atoms with E-state index in [1.807, 2.05) is 24.7 Å². The van der Waals surface area contributed by atoms with Crippen molar-refractivity contribution in [3.63, 3.8) is 0 Å². The standard InChI is InChI=1S/C41H32N2/c1-27-18-20-43-26-41(27)32-22-30(29-9-8-19-42-25-29)21-31(23-32)34-11-3-2-10-33(34)28-16-17-39-37-14-5-4-12-35(37)36-13-6-7-15-38(36)40(39)24-28/h2-22,24-27,31,41H,23H2,1H3. The van der Waals surface area contributed by atoms with Crippen LogP contribution in [0.15, 0.2) is 151 Å². The minimum absolute atomic E-state index is 0.238. The predicted octanol–water partition coefficient (Wildman–Crippen LogP) is 10.6. The van der Waals surface area contributed by atoms with E-state index in [1.165, 1.54) is 60.2 Å². The van der Waals surface area contributed by atoms with Gasteiger partial charge in [-0.3, -0.25) is 9.98 Å². The number of pyridine rings is 1. The minimum Gasteiger partial charge on any atom is -0.269 e. The Morgan fingerprint density at radius 3 is 2.09 bits per heavy atom. The number of benzene rings is 5. The number of aliphatic imine (C=N–C) groups is 1. The lowest BCUT2D eigenvalue weighted by Crippen LogP contribution is -2.20. The summed E-state index contributed by atoms with van der Waals surface area (Å²) < 4.78 is 0. The van der Waals surface area contributed by atoms with Gasteiger partial charge in [0.25, 0.3) is 0 Å². The molecule has 3 atom stereocenters. The topological polar surface area (TPSA) is 25.2 Å². The normalized spacial score (nSPS) is 20.0. The second kappa shape index (κ2) is 10.6. The maximum absolute atomic E-state index is 4.54. The van der Waals surface area contributed by atoms with E-state index >= 15 is 0 Å². The van der Waals surface area contributed by atoms with E-state index in [0.29, 0.717) is 11.8 Å².